The van der Waals surface area contributed by atoms with Crippen LogP contribution in [0.25, 0.3) is 10.9 Å². The number of benzene rings is 2. The van der Waals surface area contributed by atoms with Gasteiger partial charge < -0.3 is 24.7 Å². The van der Waals surface area contributed by atoms with Crippen molar-refractivity contribution in [1.29, 1.82) is 0 Å². The zero-order chi connectivity index (χ0) is 23.0. The Morgan fingerprint density at radius 2 is 1.67 bits per heavy atom. The molecule has 1 aliphatic heterocycles. The van der Waals surface area contributed by atoms with Crippen molar-refractivity contribution in [2.75, 3.05) is 52.5 Å². The van der Waals surface area contributed by atoms with Crippen LogP contribution < -0.4 is 14.8 Å². The fourth-order valence-electron chi connectivity index (χ4n) is 3.89. The number of H-pyrrole nitrogens is 1. The van der Waals surface area contributed by atoms with Crippen molar-refractivity contribution in [2.24, 2.45) is 0 Å². The van der Waals surface area contributed by atoms with E-state index in [9.17, 15) is 9.59 Å². The Balaban J connectivity index is 1.14. The summed E-state index contributed by atoms with van der Waals surface area (Å²) in [6.07, 6.45) is 0. The molecule has 0 atom stereocenters. The standard InChI is InChI=1S/C25H30N4O4/c1-2-32-20-7-9-21(10-8-20)33-16-11-26-24(30)18-28-12-14-29(15-13-28)25(31)23-17-19-5-3-4-6-22(19)27-23/h3-10,17,27H,2,11-16,18H2,1H3,(H,26,30). The van der Waals surface area contributed by atoms with Crippen LogP contribution in [0.15, 0.2) is 54.6 Å². The first-order valence-corrected chi connectivity index (χ1v) is 11.3. The van der Waals surface area contributed by atoms with Crippen LogP contribution in [-0.4, -0.2) is 79.1 Å². The molecule has 2 heterocycles. The van der Waals surface area contributed by atoms with E-state index in [-0.39, 0.29) is 11.8 Å². The van der Waals surface area contributed by atoms with Gasteiger partial charge in [0, 0.05) is 37.1 Å². The Hall–Kier alpha value is -3.52. The van der Waals surface area contributed by atoms with Gasteiger partial charge >= 0.3 is 0 Å². The van der Waals surface area contributed by atoms with E-state index >= 15 is 0 Å². The highest BCUT2D eigenvalue weighted by Crippen LogP contribution is 2.18. The Labute approximate surface area is 193 Å². The number of para-hydroxylation sites is 1. The molecule has 1 aromatic heterocycles. The minimum atomic E-state index is -0.0410. The van der Waals surface area contributed by atoms with E-state index in [0.717, 1.165) is 22.4 Å². The van der Waals surface area contributed by atoms with Crippen molar-refractivity contribution in [3.05, 3.63) is 60.3 Å². The van der Waals surface area contributed by atoms with Gasteiger partial charge in [0.15, 0.2) is 0 Å². The zero-order valence-corrected chi connectivity index (χ0v) is 18.9. The van der Waals surface area contributed by atoms with Crippen LogP contribution in [0.3, 0.4) is 0 Å². The third kappa shape index (κ3) is 6.04. The summed E-state index contributed by atoms with van der Waals surface area (Å²) in [6.45, 7) is 6.25. The van der Waals surface area contributed by atoms with Crippen molar-refractivity contribution < 1.29 is 19.1 Å². The molecule has 2 amide bonds. The molecule has 8 nitrogen and oxygen atoms in total. The summed E-state index contributed by atoms with van der Waals surface area (Å²) in [5, 5.41) is 3.92. The van der Waals surface area contributed by atoms with Crippen LogP contribution in [0.4, 0.5) is 0 Å². The van der Waals surface area contributed by atoms with E-state index in [1.807, 2.05) is 66.4 Å². The van der Waals surface area contributed by atoms with Gasteiger partial charge in [-0.05, 0) is 43.3 Å². The van der Waals surface area contributed by atoms with Gasteiger partial charge in [-0.25, -0.2) is 0 Å². The van der Waals surface area contributed by atoms with Crippen LogP contribution in [-0.2, 0) is 4.79 Å². The molecule has 0 spiro atoms. The average molecular weight is 451 g/mol. The van der Waals surface area contributed by atoms with Crippen molar-refractivity contribution in [3.8, 4) is 11.5 Å². The summed E-state index contributed by atoms with van der Waals surface area (Å²) >= 11 is 0. The van der Waals surface area contributed by atoms with E-state index in [1.165, 1.54) is 0 Å². The number of fused-ring (bicyclic) bond motifs is 1. The Kier molecular flexibility index (Phi) is 7.47. The summed E-state index contributed by atoms with van der Waals surface area (Å²) in [7, 11) is 0. The molecule has 1 aliphatic rings. The molecule has 0 saturated carbocycles. The predicted molar refractivity (Wildman–Crippen MR) is 127 cm³/mol. The van der Waals surface area contributed by atoms with Gasteiger partial charge in [-0.2, -0.15) is 0 Å². The van der Waals surface area contributed by atoms with Crippen molar-refractivity contribution >= 4 is 22.7 Å². The third-order valence-corrected chi connectivity index (χ3v) is 5.61. The fourth-order valence-corrected chi connectivity index (χ4v) is 3.89. The Bertz CT molecular complexity index is 1040. The van der Waals surface area contributed by atoms with Crippen LogP contribution in [0.2, 0.25) is 0 Å². The number of ether oxygens (including phenoxy) is 2. The summed E-state index contributed by atoms with van der Waals surface area (Å²) in [5.41, 5.74) is 1.57. The number of nitrogens with zero attached hydrogens (tertiary/aromatic N) is 2. The highest BCUT2D eigenvalue weighted by Gasteiger charge is 2.24. The second-order valence-corrected chi connectivity index (χ2v) is 7.94. The highest BCUT2D eigenvalue weighted by molar-refractivity contribution is 5.98. The van der Waals surface area contributed by atoms with Crippen LogP contribution in [0.1, 0.15) is 17.4 Å². The SMILES string of the molecule is CCOc1ccc(OCCNC(=O)CN2CCN(C(=O)c3cc4ccccc4[nH]3)CC2)cc1. The molecule has 33 heavy (non-hydrogen) atoms. The molecule has 8 heteroatoms. The van der Waals surface area contributed by atoms with Crippen molar-refractivity contribution in [1.82, 2.24) is 20.1 Å². The summed E-state index contributed by atoms with van der Waals surface area (Å²) < 4.78 is 11.1. The molecule has 0 aliphatic carbocycles. The first-order valence-electron chi connectivity index (χ1n) is 11.3. The molecule has 3 aromatic rings. The first kappa shape index (κ1) is 22.7. The lowest BCUT2D eigenvalue weighted by Crippen LogP contribution is -2.51. The molecule has 0 radical (unpaired) electrons. The number of nitrogens with one attached hydrogen (secondary N) is 2. The maximum Gasteiger partial charge on any atom is 0.270 e. The highest BCUT2D eigenvalue weighted by atomic mass is 16.5. The summed E-state index contributed by atoms with van der Waals surface area (Å²) in [5.74, 6) is 1.51. The normalized spacial score (nSPS) is 14.3. The number of aromatic amines is 1. The van der Waals surface area contributed by atoms with Crippen LogP contribution >= 0.6 is 0 Å². The van der Waals surface area contributed by atoms with E-state index in [0.29, 0.717) is 58.2 Å². The van der Waals surface area contributed by atoms with E-state index in [4.69, 9.17) is 9.47 Å². The lowest BCUT2D eigenvalue weighted by atomic mass is 10.2. The number of rotatable bonds is 9. The molecule has 2 aromatic carbocycles. The summed E-state index contributed by atoms with van der Waals surface area (Å²) in [6, 6.07) is 17.2. The number of amides is 2. The lowest BCUT2D eigenvalue weighted by Gasteiger charge is -2.34. The van der Waals surface area contributed by atoms with Crippen molar-refractivity contribution in [3.63, 3.8) is 0 Å². The monoisotopic (exact) mass is 450 g/mol. The van der Waals surface area contributed by atoms with E-state index in [1.54, 1.807) is 0 Å². The van der Waals surface area contributed by atoms with Gasteiger partial charge in [-0.1, -0.05) is 18.2 Å². The Morgan fingerprint density at radius 3 is 2.36 bits per heavy atom. The predicted octanol–water partition coefficient (Wildman–Crippen LogP) is 2.52. The molecule has 1 saturated heterocycles. The molecule has 1 fully saturated rings. The molecular formula is C25H30N4O4. The number of aromatic nitrogens is 1. The maximum atomic E-state index is 12.8. The van der Waals surface area contributed by atoms with E-state index < -0.39 is 0 Å². The molecule has 4 rings (SSSR count). The first-order chi connectivity index (χ1) is 16.1. The minimum Gasteiger partial charge on any atom is -0.494 e. The van der Waals surface area contributed by atoms with Gasteiger partial charge in [0.05, 0.1) is 19.7 Å². The van der Waals surface area contributed by atoms with E-state index in [2.05, 4.69) is 15.2 Å². The number of hydrogen-bond donors (Lipinski definition) is 2. The molecule has 2 N–H and O–H groups in total. The third-order valence-electron chi connectivity index (χ3n) is 5.61. The number of piperazine rings is 1. The largest absolute Gasteiger partial charge is 0.494 e. The topological polar surface area (TPSA) is 86.9 Å². The second-order valence-electron chi connectivity index (χ2n) is 7.94. The smallest absolute Gasteiger partial charge is 0.270 e. The molecule has 0 unspecified atom stereocenters. The van der Waals surface area contributed by atoms with Gasteiger partial charge in [0.1, 0.15) is 23.8 Å². The minimum absolute atomic E-state index is 0.00161. The number of carbonyl (C=O) groups is 2. The van der Waals surface area contributed by atoms with Crippen molar-refractivity contribution in [2.45, 2.75) is 6.92 Å². The van der Waals surface area contributed by atoms with Gasteiger partial charge in [-0.15, -0.1) is 0 Å². The molecular weight excluding hydrogens is 420 g/mol. The van der Waals surface area contributed by atoms with Gasteiger partial charge in [0.2, 0.25) is 5.91 Å². The maximum absolute atomic E-state index is 12.8. The number of hydrogen-bond acceptors (Lipinski definition) is 5. The van der Waals surface area contributed by atoms with Crippen LogP contribution in [0.5, 0.6) is 11.5 Å². The lowest BCUT2D eigenvalue weighted by molar-refractivity contribution is -0.122. The quantitative estimate of drug-likeness (QED) is 0.489. The second kappa shape index (κ2) is 10.9. The van der Waals surface area contributed by atoms with Gasteiger partial charge in [-0.3, -0.25) is 14.5 Å². The molecule has 0 bridgehead atoms. The summed E-state index contributed by atoms with van der Waals surface area (Å²) in [4.78, 5) is 32.2. The number of carbonyl (C=O) groups excluding carboxylic acids is 2. The Morgan fingerprint density at radius 1 is 0.970 bits per heavy atom. The fraction of sp³-hybridized carbons (Fsp3) is 0.360. The van der Waals surface area contributed by atoms with Crippen LogP contribution in [0, 0.1) is 0 Å². The van der Waals surface area contributed by atoms with Gasteiger partial charge in [0.25, 0.3) is 5.91 Å². The zero-order valence-electron chi connectivity index (χ0n) is 18.9. The average Bonchev–Trinajstić information content (AvgIpc) is 3.27. The molecule has 174 valence electrons.